The minimum Gasteiger partial charge on any atom is -0.469 e. The summed E-state index contributed by atoms with van der Waals surface area (Å²) < 4.78 is 5.58. The number of benzene rings is 1. The zero-order valence-corrected chi connectivity index (χ0v) is 11.0. The van der Waals surface area contributed by atoms with E-state index in [-0.39, 0.29) is 12.0 Å². The van der Waals surface area contributed by atoms with Crippen LogP contribution in [0.4, 0.5) is 0 Å². The van der Waals surface area contributed by atoms with Gasteiger partial charge in [0, 0.05) is 18.4 Å². The van der Waals surface area contributed by atoms with Gasteiger partial charge in [-0.25, -0.2) is 0 Å². The number of aromatic amines is 1. The van der Waals surface area contributed by atoms with Gasteiger partial charge in [-0.2, -0.15) is 0 Å². The third-order valence-corrected chi connectivity index (χ3v) is 4.02. The Morgan fingerprint density at radius 3 is 2.70 bits per heavy atom. The predicted molar refractivity (Wildman–Crippen MR) is 77.6 cm³/mol. The van der Waals surface area contributed by atoms with Crippen molar-refractivity contribution in [3.8, 4) is 0 Å². The molecule has 3 aromatic rings. The Balaban J connectivity index is 1.75. The highest BCUT2D eigenvalue weighted by molar-refractivity contribution is 5.41. The Hall–Kier alpha value is -2.26. The highest BCUT2D eigenvalue weighted by Crippen LogP contribution is 2.36. The van der Waals surface area contributed by atoms with Gasteiger partial charge in [0.05, 0.1) is 18.2 Å². The highest BCUT2D eigenvalue weighted by Gasteiger charge is 2.30. The van der Waals surface area contributed by atoms with E-state index in [0.29, 0.717) is 0 Å². The number of furan rings is 1. The smallest absolute Gasteiger partial charge is 0.114 e. The Kier molecular flexibility index (Phi) is 2.71. The van der Waals surface area contributed by atoms with E-state index in [9.17, 15) is 0 Å². The van der Waals surface area contributed by atoms with Gasteiger partial charge in [-0.05, 0) is 29.3 Å². The van der Waals surface area contributed by atoms with Gasteiger partial charge in [0.2, 0.25) is 0 Å². The van der Waals surface area contributed by atoms with Gasteiger partial charge in [-0.15, -0.1) is 0 Å². The number of hydrogen-bond donors (Lipinski definition) is 2. The molecular weight excluding hydrogens is 248 g/mol. The van der Waals surface area contributed by atoms with Crippen LogP contribution in [-0.2, 0) is 0 Å². The molecule has 3 heterocycles. The van der Waals surface area contributed by atoms with Crippen molar-refractivity contribution in [2.45, 2.75) is 12.0 Å². The minimum atomic E-state index is 0.253. The van der Waals surface area contributed by atoms with Crippen LogP contribution in [0.3, 0.4) is 0 Å². The standard InChI is InChI=1S/C17H16N2O/c1-2-5-12(6-3-1)16-13-8-9-18-17(13)14(11-19-16)15-7-4-10-20-15/h1-10,14,16,18-19H,11H2. The quantitative estimate of drug-likeness (QED) is 0.744. The van der Waals surface area contributed by atoms with Gasteiger partial charge in [0.1, 0.15) is 5.76 Å². The average molecular weight is 264 g/mol. The monoisotopic (exact) mass is 264 g/mol. The second-order valence-electron chi connectivity index (χ2n) is 5.17. The van der Waals surface area contributed by atoms with Gasteiger partial charge >= 0.3 is 0 Å². The van der Waals surface area contributed by atoms with Crippen LogP contribution in [0.1, 0.15) is 34.5 Å². The molecule has 0 saturated carbocycles. The molecule has 2 atom stereocenters. The van der Waals surface area contributed by atoms with Gasteiger partial charge in [0.15, 0.2) is 0 Å². The van der Waals surface area contributed by atoms with Gasteiger partial charge in [-0.1, -0.05) is 30.3 Å². The molecule has 3 nitrogen and oxygen atoms in total. The lowest BCUT2D eigenvalue weighted by Crippen LogP contribution is -2.33. The van der Waals surface area contributed by atoms with E-state index in [1.54, 1.807) is 6.26 Å². The second kappa shape index (κ2) is 4.69. The lowest BCUT2D eigenvalue weighted by molar-refractivity contribution is 0.438. The Bertz CT molecular complexity index is 685. The van der Waals surface area contributed by atoms with E-state index in [4.69, 9.17) is 4.42 Å². The molecule has 1 aromatic carbocycles. The Morgan fingerprint density at radius 2 is 1.90 bits per heavy atom. The molecule has 0 saturated heterocycles. The van der Waals surface area contributed by atoms with Crippen LogP contribution in [0.15, 0.2) is 65.4 Å². The van der Waals surface area contributed by atoms with Crippen LogP contribution in [0.25, 0.3) is 0 Å². The van der Waals surface area contributed by atoms with Crippen LogP contribution in [0.5, 0.6) is 0 Å². The first-order valence-corrected chi connectivity index (χ1v) is 6.92. The first-order chi connectivity index (χ1) is 9.93. The number of rotatable bonds is 2. The lowest BCUT2D eigenvalue weighted by Gasteiger charge is -2.29. The third kappa shape index (κ3) is 1.79. The summed E-state index contributed by atoms with van der Waals surface area (Å²) in [4.78, 5) is 3.40. The van der Waals surface area contributed by atoms with Crippen LogP contribution in [0, 0.1) is 0 Å². The second-order valence-corrected chi connectivity index (χ2v) is 5.17. The molecule has 100 valence electrons. The Morgan fingerprint density at radius 1 is 1.00 bits per heavy atom. The predicted octanol–water partition coefficient (Wildman–Crippen LogP) is 3.43. The maximum Gasteiger partial charge on any atom is 0.114 e. The molecule has 1 aliphatic rings. The van der Waals surface area contributed by atoms with Crippen molar-refractivity contribution in [2.75, 3.05) is 6.54 Å². The number of hydrogen-bond acceptors (Lipinski definition) is 2. The topological polar surface area (TPSA) is 41.0 Å². The van der Waals surface area contributed by atoms with Gasteiger partial charge in [-0.3, -0.25) is 0 Å². The molecule has 0 fully saturated rings. The molecule has 0 aliphatic carbocycles. The highest BCUT2D eigenvalue weighted by atomic mass is 16.3. The SMILES string of the molecule is c1ccc(C2NCC(c3ccco3)c3[nH]ccc32)cc1. The van der Waals surface area contributed by atoms with E-state index < -0.39 is 0 Å². The zero-order valence-electron chi connectivity index (χ0n) is 11.0. The van der Waals surface area contributed by atoms with E-state index in [0.717, 1.165) is 12.3 Å². The van der Waals surface area contributed by atoms with Crippen molar-refractivity contribution < 1.29 is 4.42 Å². The largest absolute Gasteiger partial charge is 0.469 e. The average Bonchev–Trinajstić information content (AvgIpc) is 3.18. The number of fused-ring (bicyclic) bond motifs is 1. The number of nitrogens with one attached hydrogen (secondary N) is 2. The van der Waals surface area contributed by atoms with Crippen molar-refractivity contribution in [3.05, 3.63) is 83.6 Å². The van der Waals surface area contributed by atoms with Crippen LogP contribution >= 0.6 is 0 Å². The summed E-state index contributed by atoms with van der Waals surface area (Å²) in [6.45, 7) is 0.876. The first-order valence-electron chi connectivity index (χ1n) is 6.92. The molecule has 2 aromatic heterocycles. The summed E-state index contributed by atoms with van der Waals surface area (Å²) >= 11 is 0. The summed E-state index contributed by atoms with van der Waals surface area (Å²) in [6, 6.07) is 17.0. The summed E-state index contributed by atoms with van der Waals surface area (Å²) in [6.07, 6.45) is 3.75. The summed E-state index contributed by atoms with van der Waals surface area (Å²) in [5.74, 6) is 1.27. The molecule has 0 radical (unpaired) electrons. The van der Waals surface area contributed by atoms with E-state index >= 15 is 0 Å². The van der Waals surface area contributed by atoms with Crippen LogP contribution in [0.2, 0.25) is 0 Å². The fourth-order valence-corrected chi connectivity index (χ4v) is 3.07. The van der Waals surface area contributed by atoms with Gasteiger partial charge < -0.3 is 14.7 Å². The molecule has 0 spiro atoms. The maximum absolute atomic E-state index is 5.58. The van der Waals surface area contributed by atoms with Crippen molar-refractivity contribution in [2.24, 2.45) is 0 Å². The number of H-pyrrole nitrogens is 1. The summed E-state index contributed by atoms with van der Waals surface area (Å²) in [5, 5.41) is 3.64. The summed E-state index contributed by atoms with van der Waals surface area (Å²) in [5.41, 5.74) is 3.86. The van der Waals surface area contributed by atoms with Crippen molar-refractivity contribution in [3.63, 3.8) is 0 Å². The molecule has 3 heteroatoms. The van der Waals surface area contributed by atoms with Crippen molar-refractivity contribution in [1.82, 2.24) is 10.3 Å². The lowest BCUT2D eigenvalue weighted by atomic mass is 9.88. The third-order valence-electron chi connectivity index (χ3n) is 4.02. The minimum absolute atomic E-state index is 0.253. The van der Waals surface area contributed by atoms with Crippen molar-refractivity contribution in [1.29, 1.82) is 0 Å². The van der Waals surface area contributed by atoms with Gasteiger partial charge in [0.25, 0.3) is 0 Å². The molecule has 0 bridgehead atoms. The molecule has 2 unspecified atom stereocenters. The molecular formula is C17H16N2O. The molecule has 20 heavy (non-hydrogen) atoms. The van der Waals surface area contributed by atoms with Crippen molar-refractivity contribution >= 4 is 0 Å². The molecule has 0 amide bonds. The van der Waals surface area contributed by atoms with E-state index in [1.807, 2.05) is 18.3 Å². The number of aromatic nitrogens is 1. The summed E-state index contributed by atoms with van der Waals surface area (Å²) in [7, 11) is 0. The Labute approximate surface area is 117 Å². The maximum atomic E-state index is 5.58. The normalized spacial score (nSPS) is 21.6. The molecule has 1 aliphatic heterocycles. The molecule has 4 rings (SSSR count). The van der Waals surface area contributed by atoms with E-state index in [1.165, 1.54) is 16.8 Å². The van der Waals surface area contributed by atoms with Crippen LogP contribution in [-0.4, -0.2) is 11.5 Å². The molecule has 2 N–H and O–H groups in total. The zero-order chi connectivity index (χ0) is 13.4. The van der Waals surface area contributed by atoms with Crippen LogP contribution < -0.4 is 5.32 Å². The fourth-order valence-electron chi connectivity index (χ4n) is 3.07. The fraction of sp³-hybridized carbons (Fsp3) is 0.176. The first kappa shape index (κ1) is 11.6. The van der Waals surface area contributed by atoms with E-state index in [2.05, 4.69) is 46.7 Å².